The molecular formula is C16H30N2OS. The molecule has 1 saturated carbocycles. The molecule has 0 bridgehead atoms. The van der Waals surface area contributed by atoms with Gasteiger partial charge in [-0.3, -0.25) is 4.90 Å². The average molecular weight is 298 g/mol. The average Bonchev–Trinajstić information content (AvgIpc) is 3.12. The zero-order chi connectivity index (χ0) is 13.8. The summed E-state index contributed by atoms with van der Waals surface area (Å²) in [5.74, 6) is 2.51. The number of thioether (sulfide) groups is 1. The second kappa shape index (κ2) is 6.99. The molecule has 3 rings (SSSR count). The molecule has 0 radical (unpaired) electrons. The Morgan fingerprint density at radius 3 is 2.75 bits per heavy atom. The van der Waals surface area contributed by atoms with E-state index < -0.39 is 0 Å². The molecule has 0 aromatic heterocycles. The van der Waals surface area contributed by atoms with Gasteiger partial charge in [-0.15, -0.1) is 0 Å². The van der Waals surface area contributed by atoms with E-state index in [1.54, 1.807) is 0 Å². The van der Waals surface area contributed by atoms with Crippen LogP contribution in [0.1, 0.15) is 51.4 Å². The van der Waals surface area contributed by atoms with Gasteiger partial charge in [0.15, 0.2) is 0 Å². The maximum atomic E-state index is 6.20. The summed E-state index contributed by atoms with van der Waals surface area (Å²) in [5, 5.41) is 0. The fourth-order valence-corrected chi connectivity index (χ4v) is 5.70. The fourth-order valence-electron chi connectivity index (χ4n) is 4.32. The van der Waals surface area contributed by atoms with E-state index in [2.05, 4.69) is 16.7 Å². The van der Waals surface area contributed by atoms with Crippen molar-refractivity contribution >= 4 is 11.8 Å². The molecule has 2 saturated heterocycles. The second-order valence-corrected chi connectivity index (χ2v) is 7.90. The normalized spacial score (nSPS) is 35.4. The molecule has 2 unspecified atom stereocenters. The molecule has 2 aliphatic heterocycles. The van der Waals surface area contributed by atoms with Crippen LogP contribution < -0.4 is 5.73 Å². The third kappa shape index (κ3) is 3.34. The number of nitrogens with two attached hydrogens (primary N) is 1. The standard InChI is InChI=1S/C16H30N2OS/c17-8-3-9-18(14-4-1-2-5-14)15-6-10-19-16(12-15)7-11-20-13-16/h14-15H,1-13,17H2. The van der Waals surface area contributed by atoms with Gasteiger partial charge in [-0.1, -0.05) is 12.8 Å². The van der Waals surface area contributed by atoms with E-state index in [0.717, 1.165) is 31.7 Å². The summed E-state index contributed by atoms with van der Waals surface area (Å²) in [5.41, 5.74) is 5.98. The predicted molar refractivity (Wildman–Crippen MR) is 86.3 cm³/mol. The minimum atomic E-state index is 0.215. The molecule has 1 aliphatic carbocycles. The Morgan fingerprint density at radius 1 is 1.20 bits per heavy atom. The third-order valence-corrected chi connectivity index (χ3v) is 6.64. The Balaban J connectivity index is 1.65. The molecule has 0 aromatic carbocycles. The molecule has 0 aromatic rings. The van der Waals surface area contributed by atoms with Crippen molar-refractivity contribution < 1.29 is 4.74 Å². The summed E-state index contributed by atoms with van der Waals surface area (Å²) in [4.78, 5) is 2.83. The van der Waals surface area contributed by atoms with E-state index in [0.29, 0.717) is 0 Å². The van der Waals surface area contributed by atoms with Gasteiger partial charge < -0.3 is 10.5 Å². The lowest BCUT2D eigenvalue weighted by Gasteiger charge is -2.45. The SMILES string of the molecule is NCCCN(C1CCCC1)C1CCOC2(CCSC2)C1. The van der Waals surface area contributed by atoms with Crippen LogP contribution in [-0.4, -0.2) is 53.8 Å². The topological polar surface area (TPSA) is 38.5 Å². The maximum Gasteiger partial charge on any atom is 0.0795 e. The van der Waals surface area contributed by atoms with Crippen molar-refractivity contribution in [2.45, 2.75) is 69.1 Å². The van der Waals surface area contributed by atoms with E-state index in [1.165, 1.54) is 63.0 Å². The minimum absolute atomic E-state index is 0.215. The summed E-state index contributed by atoms with van der Waals surface area (Å²) in [6.07, 6.45) is 10.6. The Labute approximate surface area is 128 Å². The minimum Gasteiger partial charge on any atom is -0.374 e. The first-order chi connectivity index (χ1) is 9.83. The van der Waals surface area contributed by atoms with Gasteiger partial charge >= 0.3 is 0 Å². The van der Waals surface area contributed by atoms with E-state index in [-0.39, 0.29) is 5.60 Å². The van der Waals surface area contributed by atoms with Crippen LogP contribution in [0.2, 0.25) is 0 Å². The molecule has 2 heterocycles. The largest absolute Gasteiger partial charge is 0.374 e. The molecule has 2 atom stereocenters. The fraction of sp³-hybridized carbons (Fsp3) is 1.00. The van der Waals surface area contributed by atoms with Gasteiger partial charge in [0.05, 0.1) is 5.60 Å². The number of hydrogen-bond acceptors (Lipinski definition) is 4. The Kier molecular flexibility index (Phi) is 5.29. The van der Waals surface area contributed by atoms with Crippen molar-refractivity contribution in [3.63, 3.8) is 0 Å². The molecule has 3 fully saturated rings. The molecule has 1 spiro atoms. The number of nitrogens with zero attached hydrogens (tertiary/aromatic N) is 1. The number of ether oxygens (including phenoxy) is 1. The van der Waals surface area contributed by atoms with Gasteiger partial charge in [0.1, 0.15) is 0 Å². The zero-order valence-corrected chi connectivity index (χ0v) is 13.5. The summed E-state index contributed by atoms with van der Waals surface area (Å²) < 4.78 is 6.20. The lowest BCUT2D eigenvalue weighted by atomic mass is 9.88. The van der Waals surface area contributed by atoms with Gasteiger partial charge in [0.2, 0.25) is 0 Å². The van der Waals surface area contributed by atoms with Crippen LogP contribution in [0.15, 0.2) is 0 Å². The first kappa shape index (κ1) is 15.1. The maximum absolute atomic E-state index is 6.20. The van der Waals surface area contributed by atoms with Crippen LogP contribution in [0.5, 0.6) is 0 Å². The molecular weight excluding hydrogens is 268 g/mol. The van der Waals surface area contributed by atoms with Crippen molar-refractivity contribution in [1.82, 2.24) is 4.90 Å². The van der Waals surface area contributed by atoms with Crippen LogP contribution in [0.4, 0.5) is 0 Å². The van der Waals surface area contributed by atoms with E-state index in [9.17, 15) is 0 Å². The van der Waals surface area contributed by atoms with Gasteiger partial charge in [0.25, 0.3) is 0 Å². The second-order valence-electron chi connectivity index (χ2n) is 6.80. The molecule has 3 nitrogen and oxygen atoms in total. The van der Waals surface area contributed by atoms with Crippen LogP contribution in [0.3, 0.4) is 0 Å². The molecule has 116 valence electrons. The highest BCUT2D eigenvalue weighted by molar-refractivity contribution is 7.99. The molecule has 4 heteroatoms. The molecule has 3 aliphatic rings. The van der Waals surface area contributed by atoms with Crippen LogP contribution in [0.25, 0.3) is 0 Å². The Hall–Kier alpha value is 0.230. The van der Waals surface area contributed by atoms with E-state index in [4.69, 9.17) is 10.5 Å². The van der Waals surface area contributed by atoms with Crippen LogP contribution in [0, 0.1) is 0 Å². The van der Waals surface area contributed by atoms with Crippen molar-refractivity contribution in [3.05, 3.63) is 0 Å². The van der Waals surface area contributed by atoms with Gasteiger partial charge in [-0.2, -0.15) is 11.8 Å². The molecule has 2 N–H and O–H groups in total. The number of hydrogen-bond donors (Lipinski definition) is 1. The quantitative estimate of drug-likeness (QED) is 0.847. The van der Waals surface area contributed by atoms with Crippen molar-refractivity contribution in [2.24, 2.45) is 5.73 Å². The zero-order valence-electron chi connectivity index (χ0n) is 12.7. The van der Waals surface area contributed by atoms with Gasteiger partial charge in [-0.25, -0.2) is 0 Å². The molecule has 0 amide bonds. The third-order valence-electron chi connectivity index (χ3n) is 5.42. The Morgan fingerprint density at radius 2 is 2.05 bits per heavy atom. The first-order valence-electron chi connectivity index (χ1n) is 8.50. The predicted octanol–water partition coefficient (Wildman–Crippen LogP) is 2.63. The lowest BCUT2D eigenvalue weighted by Crippen LogP contribution is -2.52. The van der Waals surface area contributed by atoms with Gasteiger partial charge in [-0.05, 0) is 57.4 Å². The van der Waals surface area contributed by atoms with Crippen LogP contribution in [-0.2, 0) is 4.74 Å². The van der Waals surface area contributed by atoms with Crippen molar-refractivity contribution in [1.29, 1.82) is 0 Å². The lowest BCUT2D eigenvalue weighted by molar-refractivity contribution is -0.0950. The molecule has 20 heavy (non-hydrogen) atoms. The van der Waals surface area contributed by atoms with Crippen LogP contribution >= 0.6 is 11.8 Å². The van der Waals surface area contributed by atoms with Crippen molar-refractivity contribution in [3.8, 4) is 0 Å². The first-order valence-corrected chi connectivity index (χ1v) is 9.66. The summed E-state index contributed by atoms with van der Waals surface area (Å²) in [7, 11) is 0. The monoisotopic (exact) mass is 298 g/mol. The highest BCUT2D eigenvalue weighted by Crippen LogP contribution is 2.40. The van der Waals surface area contributed by atoms with E-state index >= 15 is 0 Å². The van der Waals surface area contributed by atoms with E-state index in [1.807, 2.05) is 0 Å². The highest BCUT2D eigenvalue weighted by Gasteiger charge is 2.43. The smallest absolute Gasteiger partial charge is 0.0795 e. The summed E-state index contributed by atoms with van der Waals surface area (Å²) in [6.45, 7) is 3.00. The van der Waals surface area contributed by atoms with Gasteiger partial charge in [0, 0.05) is 24.4 Å². The van der Waals surface area contributed by atoms with Crippen molar-refractivity contribution in [2.75, 3.05) is 31.2 Å². The summed E-state index contributed by atoms with van der Waals surface area (Å²) >= 11 is 2.08. The highest BCUT2D eigenvalue weighted by atomic mass is 32.2. The Bertz CT molecular complexity index is 301. The summed E-state index contributed by atoms with van der Waals surface area (Å²) in [6, 6.07) is 1.58. The number of rotatable bonds is 5.